The van der Waals surface area contributed by atoms with Crippen LogP contribution in [-0.2, 0) is 4.79 Å². The molecule has 130 valence electrons. The number of hydrogen-bond acceptors (Lipinski definition) is 5. The van der Waals surface area contributed by atoms with E-state index in [0.29, 0.717) is 30.3 Å². The van der Waals surface area contributed by atoms with Gasteiger partial charge < -0.3 is 9.80 Å². The number of carbonyl (C=O) groups excluding carboxylic acids is 1. The van der Waals surface area contributed by atoms with E-state index in [1.165, 1.54) is 6.07 Å². The Morgan fingerprint density at radius 2 is 1.79 bits per heavy atom. The SMILES string of the molecule is O=C(CN1CCN(c2ccc(Cl)cc2[N+](=O)[O-])CC1)N1CCCC1. The number of likely N-dealkylation sites (tertiary alicyclic amines) is 1. The van der Waals surface area contributed by atoms with Crippen molar-refractivity contribution in [2.24, 2.45) is 0 Å². The van der Waals surface area contributed by atoms with E-state index in [4.69, 9.17) is 11.6 Å². The summed E-state index contributed by atoms with van der Waals surface area (Å²) < 4.78 is 0. The van der Waals surface area contributed by atoms with Gasteiger partial charge in [-0.05, 0) is 25.0 Å². The summed E-state index contributed by atoms with van der Waals surface area (Å²) in [5, 5.41) is 11.6. The third-order valence-electron chi connectivity index (χ3n) is 4.66. The fraction of sp³-hybridized carbons (Fsp3) is 0.562. The van der Waals surface area contributed by atoms with Crippen molar-refractivity contribution in [1.29, 1.82) is 0 Å². The van der Waals surface area contributed by atoms with Crippen LogP contribution < -0.4 is 4.90 Å². The lowest BCUT2D eigenvalue weighted by Crippen LogP contribution is -2.50. The molecule has 2 aliphatic heterocycles. The van der Waals surface area contributed by atoms with E-state index in [0.717, 1.165) is 39.0 Å². The van der Waals surface area contributed by atoms with Crippen LogP contribution in [0.5, 0.6) is 0 Å². The molecule has 7 nitrogen and oxygen atoms in total. The first-order chi connectivity index (χ1) is 11.5. The van der Waals surface area contributed by atoms with Crippen LogP contribution in [0.15, 0.2) is 18.2 Å². The molecule has 0 spiro atoms. The van der Waals surface area contributed by atoms with E-state index in [1.54, 1.807) is 12.1 Å². The zero-order valence-corrected chi connectivity index (χ0v) is 14.2. The molecule has 1 amide bonds. The Balaban J connectivity index is 1.59. The van der Waals surface area contributed by atoms with Crippen molar-refractivity contribution < 1.29 is 9.72 Å². The maximum Gasteiger partial charge on any atom is 0.294 e. The van der Waals surface area contributed by atoms with Gasteiger partial charge in [0, 0.05) is 50.4 Å². The number of carbonyl (C=O) groups is 1. The summed E-state index contributed by atoms with van der Waals surface area (Å²) in [5.74, 6) is 0.193. The van der Waals surface area contributed by atoms with Gasteiger partial charge in [0.15, 0.2) is 0 Å². The van der Waals surface area contributed by atoms with Gasteiger partial charge in [-0.15, -0.1) is 0 Å². The summed E-state index contributed by atoms with van der Waals surface area (Å²) in [7, 11) is 0. The molecule has 3 rings (SSSR count). The molecule has 24 heavy (non-hydrogen) atoms. The first kappa shape index (κ1) is 17.0. The first-order valence-electron chi connectivity index (χ1n) is 8.23. The Labute approximate surface area is 145 Å². The summed E-state index contributed by atoms with van der Waals surface area (Å²) in [6, 6.07) is 4.76. The van der Waals surface area contributed by atoms with Gasteiger partial charge in [-0.3, -0.25) is 19.8 Å². The van der Waals surface area contributed by atoms with Crippen molar-refractivity contribution in [1.82, 2.24) is 9.80 Å². The molecule has 2 heterocycles. The number of rotatable bonds is 4. The van der Waals surface area contributed by atoms with Crippen LogP contribution >= 0.6 is 11.6 Å². The van der Waals surface area contributed by atoms with E-state index in [9.17, 15) is 14.9 Å². The summed E-state index contributed by atoms with van der Waals surface area (Å²) in [6.07, 6.45) is 2.19. The third kappa shape index (κ3) is 3.79. The number of halogens is 1. The largest absolute Gasteiger partial charge is 0.363 e. The van der Waals surface area contributed by atoms with Crippen molar-refractivity contribution >= 4 is 28.9 Å². The molecule has 0 bridgehead atoms. The molecule has 2 fully saturated rings. The molecule has 0 N–H and O–H groups in total. The Hall–Kier alpha value is -1.86. The van der Waals surface area contributed by atoms with Gasteiger partial charge >= 0.3 is 0 Å². The zero-order chi connectivity index (χ0) is 17.1. The minimum atomic E-state index is -0.398. The van der Waals surface area contributed by atoms with Gasteiger partial charge in [-0.2, -0.15) is 0 Å². The van der Waals surface area contributed by atoms with Crippen LogP contribution in [0.25, 0.3) is 0 Å². The number of piperazine rings is 1. The smallest absolute Gasteiger partial charge is 0.294 e. The predicted octanol–water partition coefficient (Wildman–Crippen LogP) is 1.99. The van der Waals surface area contributed by atoms with Gasteiger partial charge in [-0.25, -0.2) is 0 Å². The van der Waals surface area contributed by atoms with Crippen LogP contribution in [0, 0.1) is 10.1 Å². The summed E-state index contributed by atoms with van der Waals surface area (Å²) in [6.45, 7) is 4.95. The highest BCUT2D eigenvalue weighted by Gasteiger charge is 2.26. The minimum Gasteiger partial charge on any atom is -0.363 e. The molecule has 2 aliphatic rings. The van der Waals surface area contributed by atoms with Crippen molar-refractivity contribution in [2.75, 3.05) is 50.7 Å². The molecule has 0 saturated carbocycles. The molecular formula is C16H21ClN4O3. The Morgan fingerprint density at radius 1 is 1.12 bits per heavy atom. The van der Waals surface area contributed by atoms with Crippen LogP contribution in [0.3, 0.4) is 0 Å². The summed E-state index contributed by atoms with van der Waals surface area (Å²) >= 11 is 5.87. The number of nitro benzene ring substituents is 1. The molecule has 0 aliphatic carbocycles. The molecular weight excluding hydrogens is 332 g/mol. The zero-order valence-electron chi connectivity index (χ0n) is 13.5. The minimum absolute atomic E-state index is 0.0316. The Morgan fingerprint density at radius 3 is 2.42 bits per heavy atom. The number of amides is 1. The highest BCUT2D eigenvalue weighted by atomic mass is 35.5. The topological polar surface area (TPSA) is 69.9 Å². The summed E-state index contributed by atoms with van der Waals surface area (Å²) in [4.78, 5) is 29.1. The van der Waals surface area contributed by atoms with Crippen molar-refractivity contribution in [3.63, 3.8) is 0 Å². The maximum absolute atomic E-state index is 12.2. The van der Waals surface area contributed by atoms with Gasteiger partial charge in [0.1, 0.15) is 5.69 Å². The molecule has 8 heteroatoms. The van der Waals surface area contributed by atoms with E-state index < -0.39 is 4.92 Å². The molecule has 0 atom stereocenters. The lowest BCUT2D eigenvalue weighted by molar-refractivity contribution is -0.384. The molecule has 0 unspecified atom stereocenters. The van der Waals surface area contributed by atoms with Crippen molar-refractivity contribution in [3.8, 4) is 0 Å². The number of hydrogen-bond donors (Lipinski definition) is 0. The van der Waals surface area contributed by atoms with Crippen LogP contribution in [-0.4, -0.2) is 66.4 Å². The Bertz CT molecular complexity index is 626. The van der Waals surface area contributed by atoms with E-state index >= 15 is 0 Å². The van der Waals surface area contributed by atoms with Crippen molar-refractivity contribution in [2.45, 2.75) is 12.8 Å². The monoisotopic (exact) mass is 352 g/mol. The lowest BCUT2D eigenvalue weighted by Gasteiger charge is -2.36. The summed E-state index contributed by atoms with van der Waals surface area (Å²) in [5.41, 5.74) is 0.624. The number of nitrogens with zero attached hydrogens (tertiary/aromatic N) is 4. The average molecular weight is 353 g/mol. The number of anilines is 1. The van der Waals surface area contributed by atoms with E-state index in [-0.39, 0.29) is 11.6 Å². The third-order valence-corrected chi connectivity index (χ3v) is 4.90. The highest BCUT2D eigenvalue weighted by molar-refractivity contribution is 6.30. The van der Waals surface area contributed by atoms with Crippen molar-refractivity contribution in [3.05, 3.63) is 33.3 Å². The standard InChI is InChI=1S/C16H21ClN4O3/c17-13-3-4-14(15(11-13)21(23)24)19-9-7-18(8-10-19)12-16(22)20-5-1-2-6-20/h3-4,11H,1-2,5-10,12H2. The fourth-order valence-electron chi connectivity index (χ4n) is 3.31. The van der Waals surface area contributed by atoms with E-state index in [1.807, 2.05) is 9.80 Å². The van der Waals surface area contributed by atoms with Gasteiger partial charge in [0.2, 0.25) is 5.91 Å². The second kappa shape index (κ2) is 7.36. The van der Waals surface area contributed by atoms with Gasteiger partial charge in [-0.1, -0.05) is 11.6 Å². The quantitative estimate of drug-likeness (QED) is 0.612. The number of benzene rings is 1. The van der Waals surface area contributed by atoms with Gasteiger partial charge in [0.25, 0.3) is 5.69 Å². The maximum atomic E-state index is 12.2. The van der Waals surface area contributed by atoms with Gasteiger partial charge in [0.05, 0.1) is 11.5 Å². The second-order valence-electron chi connectivity index (χ2n) is 6.24. The number of nitro groups is 1. The lowest BCUT2D eigenvalue weighted by atomic mass is 10.2. The fourth-order valence-corrected chi connectivity index (χ4v) is 3.48. The van der Waals surface area contributed by atoms with Crippen LogP contribution in [0.4, 0.5) is 11.4 Å². The van der Waals surface area contributed by atoms with E-state index in [2.05, 4.69) is 4.90 Å². The van der Waals surface area contributed by atoms with Crippen LogP contribution in [0.2, 0.25) is 5.02 Å². The highest BCUT2D eigenvalue weighted by Crippen LogP contribution is 2.31. The molecule has 1 aromatic rings. The second-order valence-corrected chi connectivity index (χ2v) is 6.68. The predicted molar refractivity (Wildman–Crippen MR) is 92.6 cm³/mol. The average Bonchev–Trinajstić information content (AvgIpc) is 3.10. The van der Waals surface area contributed by atoms with Crippen LogP contribution in [0.1, 0.15) is 12.8 Å². The molecule has 2 saturated heterocycles. The Kier molecular flexibility index (Phi) is 5.20. The first-order valence-corrected chi connectivity index (χ1v) is 8.61. The molecule has 0 aromatic heterocycles. The molecule has 1 aromatic carbocycles. The molecule has 0 radical (unpaired) electrons. The normalized spacial score (nSPS) is 18.9.